The molecular weight excluding hydrogens is 366 g/mol. The van der Waals surface area contributed by atoms with E-state index in [0.717, 1.165) is 19.3 Å². The highest BCUT2D eigenvalue weighted by Gasteiger charge is 2.29. The number of carbonyl (C=O) groups is 1. The largest absolute Gasteiger partial charge is 0.463 e. The van der Waals surface area contributed by atoms with E-state index in [-0.39, 0.29) is 23.4 Å². The van der Waals surface area contributed by atoms with Crippen molar-refractivity contribution >= 4 is 17.6 Å². The molecule has 0 heterocycles. The van der Waals surface area contributed by atoms with Gasteiger partial charge in [-0.05, 0) is 52.4 Å². The summed E-state index contributed by atoms with van der Waals surface area (Å²) in [6.45, 7) is 5.76. The Kier molecular flexibility index (Phi) is 15.9. The first-order chi connectivity index (χ1) is 12.9. The molecule has 0 radical (unpaired) electrons. The maximum absolute atomic E-state index is 11.5. The maximum atomic E-state index is 11.5. The van der Waals surface area contributed by atoms with Crippen LogP contribution in [0.1, 0.15) is 85.0 Å². The highest BCUT2D eigenvalue weighted by Crippen LogP contribution is 2.19. The summed E-state index contributed by atoms with van der Waals surface area (Å²) in [6, 6.07) is -0.828. The molecule has 0 amide bonds. The molecule has 0 aliphatic carbocycles. The van der Waals surface area contributed by atoms with Crippen LogP contribution in [0, 0.1) is 10.1 Å². The van der Waals surface area contributed by atoms with Crippen LogP contribution >= 0.6 is 11.6 Å². The third kappa shape index (κ3) is 15.4. The van der Waals surface area contributed by atoms with Gasteiger partial charge in [-0.3, -0.25) is 14.9 Å². The predicted octanol–water partition coefficient (Wildman–Crippen LogP) is 6.22. The molecule has 5 nitrogen and oxygen atoms in total. The lowest BCUT2D eigenvalue weighted by Crippen LogP contribution is -2.30. The van der Waals surface area contributed by atoms with Crippen molar-refractivity contribution in [2.24, 2.45) is 0 Å². The Balaban J connectivity index is 4.04. The van der Waals surface area contributed by atoms with E-state index in [1.54, 1.807) is 13.8 Å². The number of halogens is 1. The number of allylic oxidation sites excluding steroid dienone is 4. The van der Waals surface area contributed by atoms with E-state index < -0.39 is 11.4 Å². The second-order valence-electron chi connectivity index (χ2n) is 7.05. The van der Waals surface area contributed by atoms with Crippen LogP contribution in [-0.4, -0.2) is 28.4 Å². The average molecular weight is 402 g/mol. The molecule has 0 rings (SSSR count). The van der Waals surface area contributed by atoms with Crippen molar-refractivity contribution in [1.82, 2.24) is 0 Å². The Morgan fingerprint density at radius 2 is 1.74 bits per heavy atom. The van der Waals surface area contributed by atoms with Crippen LogP contribution in [0.3, 0.4) is 0 Å². The smallest absolute Gasteiger partial charge is 0.306 e. The van der Waals surface area contributed by atoms with Gasteiger partial charge in [-0.25, -0.2) is 0 Å². The summed E-state index contributed by atoms with van der Waals surface area (Å²) in [5.41, 5.74) is 0. The topological polar surface area (TPSA) is 69.4 Å². The van der Waals surface area contributed by atoms with E-state index >= 15 is 0 Å². The van der Waals surface area contributed by atoms with Gasteiger partial charge in [0.15, 0.2) is 0 Å². The minimum Gasteiger partial charge on any atom is -0.463 e. The number of hydrogen-bond acceptors (Lipinski definition) is 4. The average Bonchev–Trinajstić information content (AvgIpc) is 2.59. The van der Waals surface area contributed by atoms with Gasteiger partial charge in [0.05, 0.1) is 6.10 Å². The van der Waals surface area contributed by atoms with Gasteiger partial charge in [-0.2, -0.15) is 0 Å². The zero-order valence-corrected chi connectivity index (χ0v) is 17.8. The molecule has 0 aliphatic rings. The number of hydrogen-bond donors (Lipinski definition) is 0. The van der Waals surface area contributed by atoms with Crippen molar-refractivity contribution in [2.75, 3.05) is 0 Å². The lowest BCUT2D eigenvalue weighted by Gasteiger charge is -2.14. The summed E-state index contributed by atoms with van der Waals surface area (Å²) >= 11 is 6.25. The molecule has 0 bridgehead atoms. The van der Waals surface area contributed by atoms with E-state index in [4.69, 9.17) is 16.3 Å². The van der Waals surface area contributed by atoms with E-state index in [1.807, 2.05) is 6.08 Å². The molecule has 0 aromatic heterocycles. The van der Waals surface area contributed by atoms with Crippen molar-refractivity contribution in [3.8, 4) is 0 Å². The number of nitrogens with zero attached hydrogens (tertiary/aromatic N) is 1. The number of ether oxygens (including phenoxy) is 1. The van der Waals surface area contributed by atoms with Crippen molar-refractivity contribution in [1.29, 1.82) is 0 Å². The normalized spacial score (nSPS) is 14.1. The number of nitro groups is 1. The number of alkyl halides is 1. The molecule has 0 N–H and O–H groups in total. The summed E-state index contributed by atoms with van der Waals surface area (Å²) in [4.78, 5) is 22.4. The molecule has 0 spiro atoms. The quantitative estimate of drug-likeness (QED) is 0.0767. The molecule has 2 atom stereocenters. The number of carbonyl (C=O) groups excluding carboxylic acids is 1. The first-order valence-electron chi connectivity index (χ1n) is 10.2. The van der Waals surface area contributed by atoms with E-state index in [2.05, 4.69) is 25.2 Å². The van der Waals surface area contributed by atoms with Crippen LogP contribution in [0.25, 0.3) is 0 Å². The molecule has 6 heteroatoms. The van der Waals surface area contributed by atoms with Gasteiger partial charge in [-0.15, -0.1) is 11.6 Å². The molecule has 0 fully saturated rings. The molecule has 27 heavy (non-hydrogen) atoms. The van der Waals surface area contributed by atoms with E-state index in [1.165, 1.54) is 19.3 Å². The molecule has 0 saturated heterocycles. The predicted molar refractivity (Wildman–Crippen MR) is 112 cm³/mol. The van der Waals surface area contributed by atoms with Gasteiger partial charge in [0, 0.05) is 17.8 Å². The molecule has 156 valence electrons. The van der Waals surface area contributed by atoms with Crippen molar-refractivity contribution in [2.45, 2.75) is 103 Å². The minimum absolute atomic E-state index is 0.164. The lowest BCUT2D eigenvalue weighted by molar-refractivity contribution is -0.523. The van der Waals surface area contributed by atoms with E-state index in [0.29, 0.717) is 19.3 Å². The summed E-state index contributed by atoms with van der Waals surface area (Å²) in [5.74, 6) is -0.316. The Labute approximate surface area is 169 Å². The molecular formula is C21H36ClNO4. The van der Waals surface area contributed by atoms with Gasteiger partial charge < -0.3 is 4.74 Å². The van der Waals surface area contributed by atoms with Crippen molar-refractivity contribution < 1.29 is 14.5 Å². The van der Waals surface area contributed by atoms with E-state index in [9.17, 15) is 14.9 Å². The van der Waals surface area contributed by atoms with Gasteiger partial charge >= 0.3 is 5.97 Å². The Bertz CT molecular complexity index is 463. The fraction of sp³-hybridized carbons (Fsp3) is 0.762. The Morgan fingerprint density at radius 3 is 2.33 bits per heavy atom. The maximum Gasteiger partial charge on any atom is 0.306 e. The number of esters is 1. The third-order valence-electron chi connectivity index (χ3n) is 4.13. The second kappa shape index (κ2) is 16.8. The minimum atomic E-state index is -0.828. The van der Waals surface area contributed by atoms with Crippen LogP contribution in [0.5, 0.6) is 0 Å². The number of rotatable bonds is 16. The molecule has 2 unspecified atom stereocenters. The summed E-state index contributed by atoms with van der Waals surface area (Å²) in [6.07, 6.45) is 16.2. The monoisotopic (exact) mass is 401 g/mol. The number of unbranched alkanes of at least 4 members (excludes halogenated alkanes) is 3. The van der Waals surface area contributed by atoms with Crippen molar-refractivity contribution in [3.05, 3.63) is 34.4 Å². The van der Waals surface area contributed by atoms with Crippen LogP contribution < -0.4 is 0 Å². The fourth-order valence-corrected chi connectivity index (χ4v) is 3.01. The zero-order valence-electron chi connectivity index (χ0n) is 17.1. The zero-order chi connectivity index (χ0) is 20.5. The summed E-state index contributed by atoms with van der Waals surface area (Å²) in [5, 5.41) is 10.7. The molecule has 0 aromatic rings. The molecule has 0 aromatic carbocycles. The van der Waals surface area contributed by atoms with Gasteiger partial charge in [0.1, 0.15) is 5.38 Å². The standard InChI is InChI=1S/C21H36ClNO4/c1-4-5-6-7-8-9-10-11-12-13-15-19(22)20(23(25)26)16-14-17-21(24)27-18(2)3/h8-9,11-12,18-20H,4-7,10,13-17H2,1-3H3/b9-8-,12-11-. The second-order valence-corrected chi connectivity index (χ2v) is 7.61. The highest BCUT2D eigenvalue weighted by atomic mass is 35.5. The first kappa shape index (κ1) is 25.6. The molecule has 0 aliphatic heterocycles. The Morgan fingerprint density at radius 1 is 1.07 bits per heavy atom. The van der Waals surface area contributed by atoms with Gasteiger partial charge in [0.25, 0.3) is 0 Å². The summed E-state index contributed by atoms with van der Waals surface area (Å²) in [7, 11) is 0. The van der Waals surface area contributed by atoms with Crippen LogP contribution in [0.15, 0.2) is 24.3 Å². The van der Waals surface area contributed by atoms with Crippen LogP contribution in [-0.2, 0) is 9.53 Å². The van der Waals surface area contributed by atoms with Crippen LogP contribution in [0.4, 0.5) is 0 Å². The van der Waals surface area contributed by atoms with Crippen LogP contribution in [0.2, 0.25) is 0 Å². The first-order valence-corrected chi connectivity index (χ1v) is 10.6. The highest BCUT2D eigenvalue weighted by molar-refractivity contribution is 6.21. The third-order valence-corrected chi connectivity index (χ3v) is 4.63. The fourth-order valence-electron chi connectivity index (χ4n) is 2.66. The lowest BCUT2D eigenvalue weighted by atomic mass is 10.0. The SMILES string of the molecule is CCCCC/C=C\C/C=C\CCC(Cl)C(CCCC(=O)OC(C)C)[N+](=O)[O-]. The van der Waals surface area contributed by atoms with Gasteiger partial charge in [0.2, 0.25) is 6.04 Å². The molecule has 0 saturated carbocycles. The Hall–Kier alpha value is -1.36. The summed E-state index contributed by atoms with van der Waals surface area (Å²) < 4.78 is 5.04. The van der Waals surface area contributed by atoms with Crippen molar-refractivity contribution in [3.63, 3.8) is 0 Å². The van der Waals surface area contributed by atoms with Gasteiger partial charge in [-0.1, -0.05) is 44.1 Å².